The van der Waals surface area contributed by atoms with Crippen LogP contribution in [0.3, 0.4) is 0 Å². The second-order valence-electron chi connectivity index (χ2n) is 5.87. The van der Waals surface area contributed by atoms with E-state index in [1.807, 2.05) is 0 Å². The highest BCUT2D eigenvalue weighted by atomic mass is 16.5. The average molecular weight is 250 g/mol. The topological polar surface area (TPSA) is 63.6 Å². The molecule has 1 N–H and O–H groups in total. The standard InChI is InChI=1S/C14H18O4/c1-2-10-7-14(10,12(15)16)13(17)18-11(8-3-4-8)9-5-6-9/h2,8-11H,1,3-7H2,(H,15,16). The number of carbonyl (C=O) groups is 2. The summed E-state index contributed by atoms with van der Waals surface area (Å²) in [6.07, 6.45) is 6.31. The van der Waals surface area contributed by atoms with Crippen LogP contribution in [0, 0.1) is 23.2 Å². The van der Waals surface area contributed by atoms with Crippen molar-refractivity contribution in [1.29, 1.82) is 0 Å². The fourth-order valence-corrected chi connectivity index (χ4v) is 2.80. The normalized spacial score (nSPS) is 34.2. The Bertz CT molecular complexity index is 396. The zero-order chi connectivity index (χ0) is 12.9. The van der Waals surface area contributed by atoms with Crippen LogP contribution in [-0.4, -0.2) is 23.1 Å². The van der Waals surface area contributed by atoms with Crippen molar-refractivity contribution in [1.82, 2.24) is 0 Å². The summed E-state index contributed by atoms with van der Waals surface area (Å²) in [5.74, 6) is -0.908. The molecular weight excluding hydrogens is 232 g/mol. The van der Waals surface area contributed by atoms with Crippen molar-refractivity contribution in [3.8, 4) is 0 Å². The van der Waals surface area contributed by atoms with Crippen molar-refractivity contribution in [2.75, 3.05) is 0 Å². The fourth-order valence-electron chi connectivity index (χ4n) is 2.80. The maximum atomic E-state index is 12.2. The molecule has 0 aromatic heterocycles. The van der Waals surface area contributed by atoms with E-state index in [0.29, 0.717) is 18.3 Å². The van der Waals surface area contributed by atoms with Crippen LogP contribution in [0.4, 0.5) is 0 Å². The van der Waals surface area contributed by atoms with Crippen LogP contribution >= 0.6 is 0 Å². The van der Waals surface area contributed by atoms with Gasteiger partial charge in [-0.1, -0.05) is 6.08 Å². The molecule has 4 nitrogen and oxygen atoms in total. The first-order valence-corrected chi connectivity index (χ1v) is 6.66. The highest BCUT2D eigenvalue weighted by Gasteiger charge is 2.67. The van der Waals surface area contributed by atoms with Crippen LogP contribution < -0.4 is 0 Å². The van der Waals surface area contributed by atoms with E-state index >= 15 is 0 Å². The molecule has 0 spiro atoms. The van der Waals surface area contributed by atoms with Gasteiger partial charge in [-0.25, -0.2) is 0 Å². The van der Waals surface area contributed by atoms with E-state index in [9.17, 15) is 14.7 Å². The lowest BCUT2D eigenvalue weighted by Crippen LogP contribution is -2.34. The van der Waals surface area contributed by atoms with Gasteiger partial charge in [0.1, 0.15) is 6.10 Å². The number of allylic oxidation sites excluding steroid dienone is 1. The number of aliphatic carboxylic acids is 1. The minimum Gasteiger partial charge on any atom is -0.480 e. The van der Waals surface area contributed by atoms with E-state index in [4.69, 9.17) is 4.74 Å². The molecule has 3 rings (SSSR count). The van der Waals surface area contributed by atoms with Gasteiger partial charge in [-0.15, -0.1) is 6.58 Å². The van der Waals surface area contributed by atoms with E-state index in [0.717, 1.165) is 25.7 Å². The molecule has 3 fully saturated rings. The third-order valence-electron chi connectivity index (χ3n) is 4.46. The molecule has 0 heterocycles. The first-order chi connectivity index (χ1) is 8.59. The first-order valence-electron chi connectivity index (χ1n) is 6.66. The van der Waals surface area contributed by atoms with Gasteiger partial charge in [0.15, 0.2) is 5.41 Å². The Morgan fingerprint density at radius 3 is 2.17 bits per heavy atom. The Kier molecular flexibility index (Phi) is 2.50. The molecule has 0 aromatic rings. The molecule has 0 aliphatic heterocycles. The van der Waals surface area contributed by atoms with Crippen LogP contribution in [0.1, 0.15) is 32.1 Å². The lowest BCUT2D eigenvalue weighted by molar-refractivity contribution is -0.167. The third-order valence-corrected chi connectivity index (χ3v) is 4.46. The van der Waals surface area contributed by atoms with E-state index in [2.05, 4.69) is 6.58 Å². The Morgan fingerprint density at radius 2 is 1.83 bits per heavy atom. The third kappa shape index (κ3) is 1.74. The maximum absolute atomic E-state index is 12.2. The van der Waals surface area contributed by atoms with E-state index in [-0.39, 0.29) is 12.0 Å². The van der Waals surface area contributed by atoms with Gasteiger partial charge in [-0.2, -0.15) is 0 Å². The Balaban J connectivity index is 1.69. The zero-order valence-corrected chi connectivity index (χ0v) is 10.3. The summed E-state index contributed by atoms with van der Waals surface area (Å²) in [7, 11) is 0. The molecule has 0 radical (unpaired) electrons. The van der Waals surface area contributed by atoms with Crippen molar-refractivity contribution < 1.29 is 19.4 Å². The predicted octanol–water partition coefficient (Wildman–Crippen LogP) is 2.00. The number of hydrogen-bond donors (Lipinski definition) is 1. The number of ether oxygens (including phenoxy) is 1. The molecule has 18 heavy (non-hydrogen) atoms. The number of esters is 1. The minimum absolute atomic E-state index is 0.0280. The Labute approximate surface area is 106 Å². The van der Waals surface area contributed by atoms with Gasteiger partial charge in [-0.3, -0.25) is 9.59 Å². The van der Waals surface area contributed by atoms with Gasteiger partial charge >= 0.3 is 11.9 Å². The maximum Gasteiger partial charge on any atom is 0.324 e. The molecule has 0 saturated heterocycles. The van der Waals surface area contributed by atoms with Crippen LogP contribution in [0.5, 0.6) is 0 Å². The van der Waals surface area contributed by atoms with Gasteiger partial charge in [0.05, 0.1) is 0 Å². The van der Waals surface area contributed by atoms with E-state index < -0.39 is 17.4 Å². The number of carbonyl (C=O) groups excluding carboxylic acids is 1. The van der Waals surface area contributed by atoms with Gasteiger partial charge < -0.3 is 9.84 Å². The summed E-state index contributed by atoms with van der Waals surface area (Å²) < 4.78 is 5.55. The van der Waals surface area contributed by atoms with Gasteiger partial charge in [0, 0.05) is 5.92 Å². The summed E-state index contributed by atoms with van der Waals surface area (Å²) in [5, 5.41) is 9.25. The highest BCUT2D eigenvalue weighted by Crippen LogP contribution is 2.56. The number of hydrogen-bond acceptors (Lipinski definition) is 3. The molecule has 0 bridgehead atoms. The van der Waals surface area contributed by atoms with Gasteiger partial charge in [0.2, 0.25) is 0 Å². The summed E-state index contributed by atoms with van der Waals surface area (Å²) >= 11 is 0. The van der Waals surface area contributed by atoms with Crippen LogP contribution in [0.25, 0.3) is 0 Å². The predicted molar refractivity (Wildman–Crippen MR) is 63.7 cm³/mol. The van der Waals surface area contributed by atoms with Crippen molar-refractivity contribution in [3.05, 3.63) is 12.7 Å². The summed E-state index contributed by atoms with van der Waals surface area (Å²) in [6, 6.07) is 0. The lowest BCUT2D eigenvalue weighted by atomic mass is 10.0. The number of carboxylic acid groups (broad SMARTS) is 1. The summed E-state index contributed by atoms with van der Waals surface area (Å²) in [4.78, 5) is 23.5. The lowest BCUT2D eigenvalue weighted by Gasteiger charge is -2.19. The van der Waals surface area contributed by atoms with Gasteiger partial charge in [-0.05, 0) is 43.9 Å². The van der Waals surface area contributed by atoms with Gasteiger partial charge in [0.25, 0.3) is 0 Å². The molecule has 4 heteroatoms. The summed E-state index contributed by atoms with van der Waals surface area (Å²) in [5.41, 5.74) is -1.33. The molecule has 3 aliphatic carbocycles. The minimum atomic E-state index is -1.33. The van der Waals surface area contributed by atoms with Crippen LogP contribution in [-0.2, 0) is 14.3 Å². The molecule has 0 aromatic carbocycles. The Hall–Kier alpha value is -1.32. The van der Waals surface area contributed by atoms with Crippen LogP contribution in [0.15, 0.2) is 12.7 Å². The molecule has 0 amide bonds. The molecule has 2 unspecified atom stereocenters. The molecule has 3 aliphatic rings. The SMILES string of the molecule is C=CC1CC1(C(=O)O)C(=O)OC(C1CC1)C1CC1. The first kappa shape index (κ1) is 11.8. The van der Waals surface area contributed by atoms with Crippen molar-refractivity contribution >= 4 is 11.9 Å². The number of rotatable bonds is 6. The van der Waals surface area contributed by atoms with Crippen LogP contribution in [0.2, 0.25) is 0 Å². The average Bonchev–Trinajstić information content (AvgIpc) is 3.23. The monoisotopic (exact) mass is 250 g/mol. The quantitative estimate of drug-likeness (QED) is 0.445. The second kappa shape index (κ2) is 3.84. The molecule has 3 saturated carbocycles. The highest BCUT2D eigenvalue weighted by molar-refractivity contribution is 6.03. The summed E-state index contributed by atoms with van der Waals surface area (Å²) in [6.45, 7) is 3.59. The Morgan fingerprint density at radius 1 is 1.28 bits per heavy atom. The smallest absolute Gasteiger partial charge is 0.324 e. The van der Waals surface area contributed by atoms with E-state index in [1.165, 1.54) is 0 Å². The largest absolute Gasteiger partial charge is 0.480 e. The van der Waals surface area contributed by atoms with Crippen molar-refractivity contribution in [2.24, 2.45) is 23.2 Å². The van der Waals surface area contributed by atoms with Crippen molar-refractivity contribution in [3.63, 3.8) is 0 Å². The second-order valence-corrected chi connectivity index (χ2v) is 5.87. The molecule has 2 atom stereocenters. The molecule has 98 valence electrons. The van der Waals surface area contributed by atoms with Crippen molar-refractivity contribution in [2.45, 2.75) is 38.2 Å². The number of carboxylic acids is 1. The fraction of sp³-hybridized carbons (Fsp3) is 0.714. The zero-order valence-electron chi connectivity index (χ0n) is 10.3. The molecular formula is C14H18O4. The van der Waals surface area contributed by atoms with E-state index in [1.54, 1.807) is 6.08 Å².